The van der Waals surface area contributed by atoms with Gasteiger partial charge in [-0.05, 0) is 36.1 Å². The predicted molar refractivity (Wildman–Crippen MR) is 122 cm³/mol. The molecule has 0 atom stereocenters. The van der Waals surface area contributed by atoms with E-state index in [9.17, 15) is 4.79 Å². The van der Waals surface area contributed by atoms with Gasteiger partial charge in [0, 0.05) is 38.8 Å². The Morgan fingerprint density at radius 2 is 1.78 bits per heavy atom. The summed E-state index contributed by atoms with van der Waals surface area (Å²) in [5.41, 5.74) is 3.45. The van der Waals surface area contributed by atoms with Crippen molar-refractivity contribution in [3.63, 3.8) is 0 Å². The summed E-state index contributed by atoms with van der Waals surface area (Å²) in [6.07, 6.45) is 2.57. The zero-order valence-corrected chi connectivity index (χ0v) is 18.0. The van der Waals surface area contributed by atoms with Gasteiger partial charge in [-0.3, -0.25) is 9.79 Å². The fourth-order valence-electron chi connectivity index (χ4n) is 3.09. The number of hydrogen-bond acceptors (Lipinski definition) is 2. The van der Waals surface area contributed by atoms with Gasteiger partial charge < -0.3 is 15.5 Å². The van der Waals surface area contributed by atoms with E-state index in [1.165, 1.54) is 5.56 Å². The van der Waals surface area contributed by atoms with E-state index in [1.807, 2.05) is 23.1 Å². The van der Waals surface area contributed by atoms with E-state index in [1.54, 1.807) is 7.05 Å². The average molecular weight is 478 g/mol. The van der Waals surface area contributed by atoms with E-state index in [0.717, 1.165) is 43.1 Å². The summed E-state index contributed by atoms with van der Waals surface area (Å²) in [7, 11) is 1.78. The minimum Gasteiger partial charge on any atom is -0.356 e. The van der Waals surface area contributed by atoms with Crippen molar-refractivity contribution in [1.82, 2.24) is 10.6 Å². The van der Waals surface area contributed by atoms with Gasteiger partial charge >= 0.3 is 0 Å². The molecule has 0 radical (unpaired) electrons. The first-order valence-corrected chi connectivity index (χ1v) is 9.14. The summed E-state index contributed by atoms with van der Waals surface area (Å²) >= 11 is 0. The van der Waals surface area contributed by atoms with Crippen molar-refractivity contribution in [2.45, 2.75) is 25.8 Å². The number of halogens is 1. The van der Waals surface area contributed by atoms with Crippen LogP contribution in [0.3, 0.4) is 0 Å². The van der Waals surface area contributed by atoms with E-state index in [4.69, 9.17) is 0 Å². The second kappa shape index (κ2) is 10.9. The van der Waals surface area contributed by atoms with Gasteiger partial charge in [-0.2, -0.15) is 0 Å². The monoisotopic (exact) mass is 478 g/mol. The topological polar surface area (TPSA) is 56.7 Å². The first-order valence-electron chi connectivity index (χ1n) is 9.14. The number of carbonyl (C=O) groups is 1. The van der Waals surface area contributed by atoms with Crippen LogP contribution >= 0.6 is 24.0 Å². The smallest absolute Gasteiger partial charge is 0.227 e. The largest absolute Gasteiger partial charge is 0.356 e. The number of carbonyl (C=O) groups excluding carboxylic acids is 1. The quantitative estimate of drug-likeness (QED) is 0.381. The van der Waals surface area contributed by atoms with Crippen LogP contribution in [0.15, 0.2) is 59.6 Å². The molecule has 1 amide bonds. The van der Waals surface area contributed by atoms with E-state index in [0.29, 0.717) is 13.0 Å². The molecule has 6 heteroatoms. The van der Waals surface area contributed by atoms with Crippen LogP contribution < -0.4 is 15.5 Å². The van der Waals surface area contributed by atoms with Crippen molar-refractivity contribution in [1.29, 1.82) is 0 Å². The van der Waals surface area contributed by atoms with Crippen LogP contribution in [0.4, 0.5) is 5.69 Å². The third-order valence-electron chi connectivity index (χ3n) is 4.55. The van der Waals surface area contributed by atoms with E-state index in [2.05, 4.69) is 52.0 Å². The molecule has 0 aliphatic carbocycles. The Morgan fingerprint density at radius 1 is 1.04 bits per heavy atom. The van der Waals surface area contributed by atoms with Crippen LogP contribution in [-0.4, -0.2) is 32.0 Å². The fourth-order valence-corrected chi connectivity index (χ4v) is 3.09. The Kier molecular flexibility index (Phi) is 8.57. The highest BCUT2D eigenvalue weighted by molar-refractivity contribution is 14.0. The molecule has 1 saturated heterocycles. The van der Waals surface area contributed by atoms with Crippen molar-refractivity contribution in [2.24, 2.45) is 4.99 Å². The molecule has 144 valence electrons. The van der Waals surface area contributed by atoms with Crippen LogP contribution in [0.1, 0.15) is 24.0 Å². The maximum absolute atomic E-state index is 11.8. The molecule has 1 fully saturated rings. The third-order valence-corrected chi connectivity index (χ3v) is 4.55. The second-order valence-electron chi connectivity index (χ2n) is 6.40. The van der Waals surface area contributed by atoms with Crippen LogP contribution in [0.2, 0.25) is 0 Å². The Labute approximate surface area is 178 Å². The molecule has 27 heavy (non-hydrogen) atoms. The standard InChI is InChI=1S/C21H26N4O.HI/c1-22-21(23-14-13-17-6-3-2-4-7-17)24-16-18-9-11-19(12-10-18)25-15-5-8-20(25)26;/h2-4,6-7,9-12H,5,8,13-16H2,1H3,(H2,22,23,24);1H. The lowest BCUT2D eigenvalue weighted by Gasteiger charge is -2.16. The van der Waals surface area contributed by atoms with E-state index >= 15 is 0 Å². The lowest BCUT2D eigenvalue weighted by Crippen LogP contribution is -2.37. The average Bonchev–Trinajstić information content (AvgIpc) is 3.12. The number of benzene rings is 2. The molecule has 3 rings (SSSR count). The van der Waals surface area contributed by atoms with Crippen LogP contribution in [-0.2, 0) is 17.8 Å². The third kappa shape index (κ3) is 6.23. The lowest BCUT2D eigenvalue weighted by atomic mass is 10.1. The summed E-state index contributed by atoms with van der Waals surface area (Å²) in [5.74, 6) is 1.01. The highest BCUT2D eigenvalue weighted by Crippen LogP contribution is 2.21. The Hall–Kier alpha value is -2.09. The zero-order chi connectivity index (χ0) is 18.2. The van der Waals surface area contributed by atoms with Crippen molar-refractivity contribution >= 4 is 41.5 Å². The molecular formula is C21H27IN4O. The molecular weight excluding hydrogens is 451 g/mol. The molecule has 2 aromatic rings. The molecule has 1 aliphatic heterocycles. The van der Waals surface area contributed by atoms with Gasteiger partial charge in [0.1, 0.15) is 0 Å². The van der Waals surface area contributed by atoms with Crippen molar-refractivity contribution in [3.05, 3.63) is 65.7 Å². The molecule has 5 nitrogen and oxygen atoms in total. The Balaban J connectivity index is 0.00000261. The summed E-state index contributed by atoms with van der Waals surface area (Å²) in [4.78, 5) is 17.9. The number of hydrogen-bond donors (Lipinski definition) is 2. The molecule has 2 N–H and O–H groups in total. The normalized spacial score (nSPS) is 14.0. The highest BCUT2D eigenvalue weighted by atomic mass is 127. The van der Waals surface area contributed by atoms with E-state index in [-0.39, 0.29) is 29.9 Å². The SMILES string of the molecule is CN=C(NCCc1ccccc1)NCc1ccc(N2CCCC2=O)cc1.I. The van der Waals surface area contributed by atoms with Gasteiger partial charge in [0.2, 0.25) is 5.91 Å². The summed E-state index contributed by atoms with van der Waals surface area (Å²) in [5, 5.41) is 6.66. The van der Waals surface area contributed by atoms with Crippen LogP contribution in [0, 0.1) is 0 Å². The van der Waals surface area contributed by atoms with Crippen molar-refractivity contribution < 1.29 is 4.79 Å². The number of guanidine groups is 1. The molecule has 0 bridgehead atoms. The molecule has 1 heterocycles. The molecule has 0 saturated carbocycles. The van der Waals surface area contributed by atoms with Gasteiger partial charge in [-0.1, -0.05) is 42.5 Å². The maximum Gasteiger partial charge on any atom is 0.227 e. The molecule has 0 spiro atoms. The van der Waals surface area contributed by atoms with Gasteiger partial charge in [-0.25, -0.2) is 0 Å². The summed E-state index contributed by atoms with van der Waals surface area (Å²) in [6, 6.07) is 18.6. The van der Waals surface area contributed by atoms with Crippen LogP contribution in [0.5, 0.6) is 0 Å². The summed E-state index contributed by atoms with van der Waals surface area (Å²) < 4.78 is 0. The maximum atomic E-state index is 11.8. The number of rotatable bonds is 6. The molecule has 0 unspecified atom stereocenters. The van der Waals surface area contributed by atoms with Crippen molar-refractivity contribution in [3.8, 4) is 0 Å². The number of amides is 1. The van der Waals surface area contributed by atoms with Gasteiger partial charge in [0.15, 0.2) is 5.96 Å². The van der Waals surface area contributed by atoms with Gasteiger partial charge in [0.05, 0.1) is 0 Å². The van der Waals surface area contributed by atoms with Gasteiger partial charge in [-0.15, -0.1) is 24.0 Å². The first kappa shape index (κ1) is 21.2. The lowest BCUT2D eigenvalue weighted by molar-refractivity contribution is -0.117. The van der Waals surface area contributed by atoms with Crippen LogP contribution in [0.25, 0.3) is 0 Å². The first-order chi connectivity index (χ1) is 12.8. The minimum absolute atomic E-state index is 0. The van der Waals surface area contributed by atoms with E-state index < -0.39 is 0 Å². The van der Waals surface area contributed by atoms with Crippen molar-refractivity contribution in [2.75, 3.05) is 25.0 Å². The molecule has 0 aromatic heterocycles. The molecule has 1 aliphatic rings. The predicted octanol–water partition coefficient (Wildman–Crippen LogP) is 3.34. The van der Waals surface area contributed by atoms with Gasteiger partial charge in [0.25, 0.3) is 0 Å². The number of nitrogens with one attached hydrogen (secondary N) is 2. The zero-order valence-electron chi connectivity index (χ0n) is 15.6. The number of aliphatic imine (C=N–C) groups is 1. The highest BCUT2D eigenvalue weighted by Gasteiger charge is 2.21. The Bertz CT molecular complexity index is 747. The summed E-state index contributed by atoms with van der Waals surface area (Å²) in [6.45, 7) is 2.35. The number of anilines is 1. The Morgan fingerprint density at radius 3 is 2.41 bits per heavy atom. The fraction of sp³-hybridized carbons (Fsp3) is 0.333. The molecule has 2 aromatic carbocycles. The second-order valence-corrected chi connectivity index (χ2v) is 6.40. The minimum atomic E-state index is 0. The number of nitrogens with zero attached hydrogens (tertiary/aromatic N) is 2.